The molecule has 0 aliphatic heterocycles. The maximum atomic E-state index is 13.5. The van der Waals surface area contributed by atoms with E-state index in [-0.39, 0.29) is 17.9 Å². The molecule has 0 N–H and O–H groups in total. The van der Waals surface area contributed by atoms with Gasteiger partial charge in [-0.15, -0.1) is 0 Å². The largest absolute Gasteiger partial charge is 0.484 e. The van der Waals surface area contributed by atoms with E-state index in [0.717, 1.165) is 11.8 Å². The predicted octanol–water partition coefficient (Wildman–Crippen LogP) is 2.01. The van der Waals surface area contributed by atoms with Gasteiger partial charge in [-0.2, -0.15) is 5.26 Å². The first-order chi connectivity index (χ1) is 8.20. The minimum Gasteiger partial charge on any atom is -0.484 e. The molecule has 2 rings (SSSR count). The molecule has 17 heavy (non-hydrogen) atoms. The third kappa shape index (κ3) is 2.42. The summed E-state index contributed by atoms with van der Waals surface area (Å²) in [5.41, 5.74) is 1.11. The number of aromatic nitrogens is 2. The highest BCUT2D eigenvalue weighted by molar-refractivity contribution is 5.36. The Labute approximate surface area is 97.9 Å². The molecule has 0 spiro atoms. The first-order valence-corrected chi connectivity index (χ1v) is 4.98. The normalized spacial score (nSPS) is 9.94. The third-order valence-corrected chi connectivity index (χ3v) is 2.35. The molecule has 0 saturated carbocycles. The van der Waals surface area contributed by atoms with E-state index < -0.39 is 5.82 Å². The molecular formula is C12H10FN3O. The fourth-order valence-electron chi connectivity index (χ4n) is 1.36. The quantitative estimate of drug-likeness (QED) is 0.811. The lowest BCUT2D eigenvalue weighted by Gasteiger charge is -2.07. The second-order valence-corrected chi connectivity index (χ2v) is 3.54. The Bertz CT molecular complexity index is 571. The molecule has 0 bridgehead atoms. The lowest BCUT2D eigenvalue weighted by atomic mass is 10.2. The highest BCUT2D eigenvalue weighted by Gasteiger charge is 2.06. The van der Waals surface area contributed by atoms with Crippen LogP contribution in [-0.2, 0) is 13.7 Å². The molecule has 0 aliphatic carbocycles. The summed E-state index contributed by atoms with van der Waals surface area (Å²) in [6.45, 7) is 0.235. The van der Waals surface area contributed by atoms with Crippen LogP contribution in [0.4, 0.5) is 4.39 Å². The van der Waals surface area contributed by atoms with E-state index in [1.807, 2.05) is 13.1 Å². The summed E-state index contributed by atoms with van der Waals surface area (Å²) >= 11 is 0. The molecule has 86 valence electrons. The lowest BCUT2D eigenvalue weighted by molar-refractivity contribution is 0.282. The molecule has 0 atom stereocenters. The van der Waals surface area contributed by atoms with E-state index in [2.05, 4.69) is 4.98 Å². The van der Waals surface area contributed by atoms with Crippen molar-refractivity contribution in [2.24, 2.45) is 7.05 Å². The van der Waals surface area contributed by atoms with Gasteiger partial charge in [-0.25, -0.2) is 9.37 Å². The molecule has 0 aliphatic rings. The molecule has 0 radical (unpaired) electrons. The Hall–Kier alpha value is -2.35. The van der Waals surface area contributed by atoms with E-state index in [1.54, 1.807) is 17.1 Å². The van der Waals surface area contributed by atoms with Crippen LogP contribution in [0.2, 0.25) is 0 Å². The van der Waals surface area contributed by atoms with E-state index in [4.69, 9.17) is 10.00 Å². The highest BCUT2D eigenvalue weighted by Crippen LogP contribution is 2.19. The first-order valence-electron chi connectivity index (χ1n) is 4.98. The van der Waals surface area contributed by atoms with E-state index in [9.17, 15) is 4.39 Å². The standard InChI is InChI=1S/C12H10FN3O/c1-16-8-15-6-10(16)7-17-12-3-2-9(5-14)4-11(12)13/h2-4,6,8H,7H2,1H3. The zero-order valence-electron chi connectivity index (χ0n) is 9.22. The van der Waals surface area contributed by atoms with E-state index >= 15 is 0 Å². The lowest BCUT2D eigenvalue weighted by Crippen LogP contribution is -2.02. The van der Waals surface area contributed by atoms with Crippen LogP contribution in [0.15, 0.2) is 30.7 Å². The van der Waals surface area contributed by atoms with Crippen molar-refractivity contribution in [3.05, 3.63) is 47.8 Å². The average Bonchev–Trinajstić information content (AvgIpc) is 2.73. The molecule has 1 heterocycles. The van der Waals surface area contributed by atoms with Crippen molar-refractivity contribution in [3.63, 3.8) is 0 Å². The van der Waals surface area contributed by atoms with Gasteiger partial charge in [0.25, 0.3) is 0 Å². The molecular weight excluding hydrogens is 221 g/mol. The van der Waals surface area contributed by atoms with Crippen LogP contribution in [0, 0.1) is 17.1 Å². The van der Waals surface area contributed by atoms with Crippen LogP contribution in [0.25, 0.3) is 0 Å². The number of aryl methyl sites for hydroxylation is 1. The maximum Gasteiger partial charge on any atom is 0.166 e. The van der Waals surface area contributed by atoms with Crippen molar-refractivity contribution in [1.29, 1.82) is 5.26 Å². The van der Waals surface area contributed by atoms with Crippen LogP contribution >= 0.6 is 0 Å². The second kappa shape index (κ2) is 4.66. The van der Waals surface area contributed by atoms with Crippen LogP contribution in [0.5, 0.6) is 5.75 Å². The minimum absolute atomic E-state index is 0.130. The number of halogens is 1. The Morgan fingerprint density at radius 1 is 1.53 bits per heavy atom. The topological polar surface area (TPSA) is 50.8 Å². The fourth-order valence-corrected chi connectivity index (χ4v) is 1.36. The Kier molecular flexibility index (Phi) is 3.06. The van der Waals surface area contributed by atoms with Gasteiger partial charge in [-0.05, 0) is 18.2 Å². The highest BCUT2D eigenvalue weighted by atomic mass is 19.1. The summed E-state index contributed by atoms with van der Waals surface area (Å²) in [7, 11) is 1.83. The van der Waals surface area contributed by atoms with E-state index in [0.29, 0.717) is 0 Å². The van der Waals surface area contributed by atoms with Gasteiger partial charge in [0.2, 0.25) is 0 Å². The minimum atomic E-state index is -0.536. The van der Waals surface area contributed by atoms with Gasteiger partial charge in [-0.3, -0.25) is 0 Å². The van der Waals surface area contributed by atoms with Crippen molar-refractivity contribution in [3.8, 4) is 11.8 Å². The molecule has 0 saturated heterocycles. The zero-order chi connectivity index (χ0) is 12.3. The van der Waals surface area contributed by atoms with Crippen molar-refractivity contribution in [2.75, 3.05) is 0 Å². The maximum absolute atomic E-state index is 13.5. The smallest absolute Gasteiger partial charge is 0.166 e. The number of rotatable bonds is 3. The Morgan fingerprint density at radius 3 is 2.94 bits per heavy atom. The van der Waals surface area contributed by atoms with E-state index in [1.165, 1.54) is 12.1 Å². The zero-order valence-corrected chi connectivity index (χ0v) is 9.22. The number of nitrogens with zero attached hydrogens (tertiary/aromatic N) is 3. The molecule has 5 heteroatoms. The number of hydrogen-bond acceptors (Lipinski definition) is 3. The molecule has 0 unspecified atom stereocenters. The average molecular weight is 231 g/mol. The summed E-state index contributed by atoms with van der Waals surface area (Å²) in [5.74, 6) is -0.406. The number of hydrogen-bond donors (Lipinski definition) is 0. The third-order valence-electron chi connectivity index (χ3n) is 2.35. The number of nitriles is 1. The van der Waals surface area contributed by atoms with Gasteiger partial charge in [0.1, 0.15) is 6.61 Å². The van der Waals surface area contributed by atoms with Gasteiger partial charge in [0.15, 0.2) is 11.6 Å². The molecule has 4 nitrogen and oxygen atoms in total. The summed E-state index contributed by atoms with van der Waals surface area (Å²) in [4.78, 5) is 3.93. The molecule has 0 fully saturated rings. The van der Waals surface area contributed by atoms with Crippen LogP contribution in [0.1, 0.15) is 11.3 Å². The van der Waals surface area contributed by atoms with Crippen molar-refractivity contribution >= 4 is 0 Å². The van der Waals surface area contributed by atoms with Crippen LogP contribution < -0.4 is 4.74 Å². The van der Waals surface area contributed by atoms with Gasteiger partial charge in [0.05, 0.1) is 29.9 Å². The monoisotopic (exact) mass is 231 g/mol. The van der Waals surface area contributed by atoms with Gasteiger partial charge < -0.3 is 9.30 Å². The Balaban J connectivity index is 2.10. The van der Waals surface area contributed by atoms with Crippen LogP contribution in [0.3, 0.4) is 0 Å². The van der Waals surface area contributed by atoms with Crippen molar-refractivity contribution < 1.29 is 9.13 Å². The van der Waals surface area contributed by atoms with Crippen molar-refractivity contribution in [2.45, 2.75) is 6.61 Å². The molecule has 1 aromatic carbocycles. The summed E-state index contributed by atoms with van der Waals surface area (Å²) in [5, 5.41) is 8.60. The van der Waals surface area contributed by atoms with Gasteiger partial charge >= 0.3 is 0 Å². The molecule has 0 amide bonds. The number of benzene rings is 1. The fraction of sp³-hybridized carbons (Fsp3) is 0.167. The second-order valence-electron chi connectivity index (χ2n) is 3.54. The van der Waals surface area contributed by atoms with Crippen molar-refractivity contribution in [1.82, 2.24) is 9.55 Å². The summed E-state index contributed by atoms with van der Waals surface area (Å²) < 4.78 is 20.6. The molecule has 1 aromatic heterocycles. The summed E-state index contributed by atoms with van der Waals surface area (Å²) in [6, 6.07) is 5.98. The number of ether oxygens (including phenoxy) is 1. The number of imidazole rings is 1. The molecule has 2 aromatic rings. The van der Waals surface area contributed by atoms with Gasteiger partial charge in [-0.1, -0.05) is 0 Å². The Morgan fingerprint density at radius 2 is 2.35 bits per heavy atom. The first kappa shape index (κ1) is 11.1. The SMILES string of the molecule is Cn1cncc1COc1ccc(C#N)cc1F. The van der Waals surface area contributed by atoms with Crippen LogP contribution in [-0.4, -0.2) is 9.55 Å². The predicted molar refractivity (Wildman–Crippen MR) is 58.7 cm³/mol. The van der Waals surface area contributed by atoms with Gasteiger partial charge in [0, 0.05) is 7.05 Å². The summed E-state index contributed by atoms with van der Waals surface area (Å²) in [6.07, 6.45) is 3.30.